The van der Waals surface area contributed by atoms with Crippen molar-refractivity contribution in [1.29, 1.82) is 0 Å². The minimum atomic E-state index is 0.426. The Labute approximate surface area is 108 Å². The zero-order chi connectivity index (χ0) is 12.3. The summed E-state index contributed by atoms with van der Waals surface area (Å²) in [6.07, 6.45) is 0. The van der Waals surface area contributed by atoms with Crippen LogP contribution in [0.3, 0.4) is 0 Å². The van der Waals surface area contributed by atoms with E-state index >= 15 is 0 Å². The summed E-state index contributed by atoms with van der Waals surface area (Å²) in [5.41, 5.74) is 2.66. The molecule has 0 aliphatic carbocycles. The van der Waals surface area contributed by atoms with Gasteiger partial charge in [-0.2, -0.15) is 0 Å². The highest BCUT2D eigenvalue weighted by Gasteiger charge is 2.06. The summed E-state index contributed by atoms with van der Waals surface area (Å²) in [5, 5.41) is 3.56. The molecular weight excluding hydrogens is 226 g/mol. The molecule has 0 spiro atoms. The fraction of sp³-hybridized carbons (Fsp3) is 0.333. The Hall–Kier alpha value is -1.12. The molecule has 1 aromatic heterocycles. The SMILES string of the molecule is Cc1ccc(CNC(C)c2ccc(C)s2)cc1. The molecule has 17 heavy (non-hydrogen) atoms. The highest BCUT2D eigenvalue weighted by Crippen LogP contribution is 2.22. The van der Waals surface area contributed by atoms with Gasteiger partial charge in [-0.05, 0) is 38.5 Å². The summed E-state index contributed by atoms with van der Waals surface area (Å²) < 4.78 is 0. The van der Waals surface area contributed by atoms with Gasteiger partial charge in [-0.25, -0.2) is 0 Å². The third-order valence-corrected chi connectivity index (χ3v) is 4.10. The van der Waals surface area contributed by atoms with Crippen molar-refractivity contribution in [3.8, 4) is 0 Å². The van der Waals surface area contributed by atoms with E-state index in [0.29, 0.717) is 6.04 Å². The molecular formula is C15H19NS. The summed E-state index contributed by atoms with van der Waals surface area (Å²) in [6, 6.07) is 13.5. The predicted molar refractivity (Wildman–Crippen MR) is 75.5 cm³/mol. The summed E-state index contributed by atoms with van der Waals surface area (Å²) in [6.45, 7) is 7.42. The molecule has 0 aliphatic rings. The first-order valence-electron chi connectivity index (χ1n) is 6.00. The van der Waals surface area contributed by atoms with E-state index in [-0.39, 0.29) is 0 Å². The van der Waals surface area contributed by atoms with Gasteiger partial charge in [-0.15, -0.1) is 11.3 Å². The second kappa shape index (κ2) is 5.48. The van der Waals surface area contributed by atoms with E-state index in [1.54, 1.807) is 0 Å². The van der Waals surface area contributed by atoms with Gasteiger partial charge in [0.05, 0.1) is 0 Å². The number of nitrogens with one attached hydrogen (secondary N) is 1. The van der Waals surface area contributed by atoms with Crippen LogP contribution in [0, 0.1) is 13.8 Å². The van der Waals surface area contributed by atoms with Crippen molar-refractivity contribution >= 4 is 11.3 Å². The van der Waals surface area contributed by atoms with Gasteiger partial charge >= 0.3 is 0 Å². The van der Waals surface area contributed by atoms with Crippen LogP contribution in [0.5, 0.6) is 0 Å². The third-order valence-electron chi connectivity index (χ3n) is 2.92. The molecule has 0 fully saturated rings. The minimum absolute atomic E-state index is 0.426. The summed E-state index contributed by atoms with van der Waals surface area (Å²) in [4.78, 5) is 2.79. The molecule has 1 nitrogen and oxygen atoms in total. The molecule has 2 rings (SSSR count). The highest BCUT2D eigenvalue weighted by atomic mass is 32.1. The topological polar surface area (TPSA) is 12.0 Å². The first kappa shape index (κ1) is 12.3. The van der Waals surface area contributed by atoms with Gasteiger partial charge in [0.15, 0.2) is 0 Å². The van der Waals surface area contributed by atoms with Gasteiger partial charge in [0.1, 0.15) is 0 Å². The average Bonchev–Trinajstić information content (AvgIpc) is 2.75. The maximum absolute atomic E-state index is 3.56. The molecule has 0 aliphatic heterocycles. The molecule has 1 heterocycles. The highest BCUT2D eigenvalue weighted by molar-refractivity contribution is 7.12. The van der Waals surface area contributed by atoms with Crippen LogP contribution >= 0.6 is 11.3 Å². The van der Waals surface area contributed by atoms with Gasteiger partial charge in [0, 0.05) is 22.3 Å². The van der Waals surface area contributed by atoms with Gasteiger partial charge in [-0.3, -0.25) is 0 Å². The second-order valence-electron chi connectivity index (χ2n) is 4.54. The number of hydrogen-bond donors (Lipinski definition) is 1. The van der Waals surface area contributed by atoms with E-state index in [1.165, 1.54) is 20.9 Å². The van der Waals surface area contributed by atoms with Gasteiger partial charge in [-0.1, -0.05) is 29.8 Å². The average molecular weight is 245 g/mol. The summed E-state index contributed by atoms with van der Waals surface area (Å²) in [5.74, 6) is 0. The molecule has 1 N–H and O–H groups in total. The Morgan fingerprint density at radius 3 is 2.35 bits per heavy atom. The first-order chi connectivity index (χ1) is 8.15. The number of thiophene rings is 1. The third kappa shape index (κ3) is 3.42. The molecule has 0 amide bonds. The van der Waals surface area contributed by atoms with Gasteiger partial charge < -0.3 is 5.32 Å². The van der Waals surface area contributed by atoms with E-state index < -0.39 is 0 Å². The molecule has 0 saturated carbocycles. The number of benzene rings is 1. The molecule has 90 valence electrons. The standard InChI is InChI=1S/C15H19NS/c1-11-4-7-14(8-5-11)10-16-13(3)15-9-6-12(2)17-15/h4-9,13,16H,10H2,1-3H3. The largest absolute Gasteiger partial charge is 0.305 e. The van der Waals surface area contributed by atoms with Crippen LogP contribution in [0.15, 0.2) is 36.4 Å². The number of rotatable bonds is 4. The van der Waals surface area contributed by atoms with Crippen LogP contribution in [-0.2, 0) is 6.54 Å². The molecule has 1 unspecified atom stereocenters. The molecule has 2 aromatic rings. The number of aryl methyl sites for hydroxylation is 2. The maximum atomic E-state index is 3.56. The van der Waals surface area contributed by atoms with E-state index in [1.807, 2.05) is 11.3 Å². The lowest BCUT2D eigenvalue weighted by Gasteiger charge is -2.12. The number of hydrogen-bond acceptors (Lipinski definition) is 2. The summed E-state index contributed by atoms with van der Waals surface area (Å²) >= 11 is 1.87. The van der Waals surface area contributed by atoms with Crippen molar-refractivity contribution in [2.45, 2.75) is 33.4 Å². The predicted octanol–water partition coefficient (Wildman–Crippen LogP) is 4.22. The monoisotopic (exact) mass is 245 g/mol. The van der Waals surface area contributed by atoms with Crippen LogP contribution < -0.4 is 5.32 Å². The fourth-order valence-electron chi connectivity index (χ4n) is 1.76. The van der Waals surface area contributed by atoms with Crippen molar-refractivity contribution < 1.29 is 0 Å². The van der Waals surface area contributed by atoms with Crippen molar-refractivity contribution in [2.75, 3.05) is 0 Å². The van der Waals surface area contributed by atoms with Gasteiger partial charge in [0.2, 0.25) is 0 Å². The Bertz CT molecular complexity index is 470. The smallest absolute Gasteiger partial charge is 0.0388 e. The lowest BCUT2D eigenvalue weighted by molar-refractivity contribution is 0.583. The quantitative estimate of drug-likeness (QED) is 0.850. The molecule has 1 aromatic carbocycles. The lowest BCUT2D eigenvalue weighted by Crippen LogP contribution is -2.17. The van der Waals surface area contributed by atoms with E-state index in [9.17, 15) is 0 Å². The first-order valence-corrected chi connectivity index (χ1v) is 6.82. The molecule has 2 heteroatoms. The van der Waals surface area contributed by atoms with Crippen molar-refractivity contribution in [1.82, 2.24) is 5.32 Å². The molecule has 0 bridgehead atoms. The Kier molecular flexibility index (Phi) is 3.97. The van der Waals surface area contributed by atoms with Crippen molar-refractivity contribution in [3.05, 3.63) is 57.3 Å². The Morgan fingerprint density at radius 2 is 1.76 bits per heavy atom. The van der Waals surface area contributed by atoms with Crippen LogP contribution in [-0.4, -0.2) is 0 Å². The fourth-order valence-corrected chi connectivity index (χ4v) is 2.67. The van der Waals surface area contributed by atoms with E-state index in [4.69, 9.17) is 0 Å². The van der Waals surface area contributed by atoms with Crippen LogP contribution in [0.1, 0.15) is 33.8 Å². The zero-order valence-electron chi connectivity index (χ0n) is 10.7. The van der Waals surface area contributed by atoms with Crippen LogP contribution in [0.4, 0.5) is 0 Å². The van der Waals surface area contributed by atoms with Gasteiger partial charge in [0.25, 0.3) is 0 Å². The minimum Gasteiger partial charge on any atom is -0.305 e. The molecule has 0 radical (unpaired) electrons. The Morgan fingerprint density at radius 1 is 1.06 bits per heavy atom. The van der Waals surface area contributed by atoms with E-state index in [0.717, 1.165) is 6.54 Å². The molecule has 0 saturated heterocycles. The van der Waals surface area contributed by atoms with Crippen molar-refractivity contribution in [3.63, 3.8) is 0 Å². The van der Waals surface area contributed by atoms with Crippen molar-refractivity contribution in [2.24, 2.45) is 0 Å². The second-order valence-corrected chi connectivity index (χ2v) is 5.86. The summed E-state index contributed by atoms with van der Waals surface area (Å²) in [7, 11) is 0. The maximum Gasteiger partial charge on any atom is 0.0388 e. The van der Waals surface area contributed by atoms with E-state index in [2.05, 4.69) is 62.5 Å². The normalized spacial score (nSPS) is 12.6. The molecule has 1 atom stereocenters. The Balaban J connectivity index is 1.92. The lowest BCUT2D eigenvalue weighted by atomic mass is 10.1. The zero-order valence-corrected chi connectivity index (χ0v) is 11.5. The van der Waals surface area contributed by atoms with Crippen LogP contribution in [0.25, 0.3) is 0 Å². The van der Waals surface area contributed by atoms with Crippen LogP contribution in [0.2, 0.25) is 0 Å².